The Balaban J connectivity index is 1.37. The molecule has 2 heterocycles. The number of thioether (sulfide) groups is 1. The summed E-state index contributed by atoms with van der Waals surface area (Å²) in [4.78, 5) is 27.1. The van der Waals surface area contributed by atoms with Gasteiger partial charge in [-0.1, -0.05) is 47.2 Å². The number of aromatic nitrogens is 1. The zero-order valence-corrected chi connectivity index (χ0v) is 20.7. The highest BCUT2D eigenvalue weighted by Crippen LogP contribution is 2.64. The smallest absolute Gasteiger partial charge is 0.308 e. The third kappa shape index (κ3) is 3.76. The van der Waals surface area contributed by atoms with E-state index in [4.69, 9.17) is 11.6 Å². The Morgan fingerprint density at radius 2 is 1.94 bits per heavy atom. The van der Waals surface area contributed by atoms with Crippen LogP contribution in [0.1, 0.15) is 41.2 Å². The van der Waals surface area contributed by atoms with Crippen molar-refractivity contribution >= 4 is 46.3 Å². The summed E-state index contributed by atoms with van der Waals surface area (Å²) in [6.45, 7) is 2.04. The van der Waals surface area contributed by atoms with Crippen molar-refractivity contribution in [1.82, 2.24) is 4.57 Å². The zero-order valence-electron chi connectivity index (χ0n) is 18.3. The fraction of sp³-hybridized carbons (Fsp3) is 0.385. The maximum absolute atomic E-state index is 13.1. The van der Waals surface area contributed by atoms with Gasteiger partial charge in [0, 0.05) is 26.8 Å². The highest BCUT2D eigenvalue weighted by Gasteiger charge is 2.55. The number of aryl methyl sites for hydroxylation is 1. The molecule has 2 aromatic carbocycles. The minimum atomic E-state index is -0.165. The minimum absolute atomic E-state index is 0.0434. The second-order valence-electron chi connectivity index (χ2n) is 9.56. The average molecular weight is 497 g/mol. The van der Waals surface area contributed by atoms with Crippen molar-refractivity contribution in [3.05, 3.63) is 79.2 Å². The minimum Gasteiger partial charge on any atom is -0.325 e. The number of nitrogens with one attached hydrogen (secondary N) is 1. The summed E-state index contributed by atoms with van der Waals surface area (Å²) in [6.07, 6.45) is 3.86. The molecule has 1 aromatic heterocycles. The Kier molecular flexibility index (Phi) is 5.43. The van der Waals surface area contributed by atoms with E-state index in [1.54, 1.807) is 4.57 Å². The molecule has 0 radical (unpaired) electrons. The lowest BCUT2D eigenvalue weighted by Crippen LogP contribution is -2.34. The van der Waals surface area contributed by atoms with Gasteiger partial charge >= 0.3 is 4.87 Å². The van der Waals surface area contributed by atoms with Crippen LogP contribution in [-0.4, -0.2) is 15.7 Å². The standard InChI is InChI=1S/C26H25ClN2O2S2/c1-14-3-2-4-19(11-14)28-20(30)13-29-25-24(33-26(29)31)21(15-7-9-18(27)10-8-15)22-16-5-6-17(12-16)23(22)32-25/h2-4,7-11,16-17,21-23H,5-6,12-13H2,1H3,(H,28,30)/t16-,17-,21+,22-,23-/m0/s1. The van der Waals surface area contributed by atoms with Crippen LogP contribution >= 0.6 is 34.7 Å². The van der Waals surface area contributed by atoms with Crippen LogP contribution in [0.15, 0.2) is 58.4 Å². The van der Waals surface area contributed by atoms with Crippen LogP contribution in [0.2, 0.25) is 5.02 Å². The summed E-state index contributed by atoms with van der Waals surface area (Å²) < 4.78 is 1.71. The maximum atomic E-state index is 13.1. The average Bonchev–Trinajstić information content (AvgIpc) is 3.48. The van der Waals surface area contributed by atoms with E-state index in [0.717, 1.165) is 32.1 Å². The van der Waals surface area contributed by atoms with E-state index in [9.17, 15) is 9.59 Å². The van der Waals surface area contributed by atoms with Gasteiger partial charge in [-0.25, -0.2) is 0 Å². The SMILES string of the molecule is Cc1cccc(NC(=O)Cn2c3c(sc2=O)[C@H](c2ccc(Cl)cc2)[C@@H]2[C@H]4CC[C@@H](C4)[C@@H]2S3)c1. The van der Waals surface area contributed by atoms with Crippen molar-refractivity contribution in [2.45, 2.75) is 48.9 Å². The molecular formula is C26H25ClN2O2S2. The van der Waals surface area contributed by atoms with Crippen LogP contribution in [0.4, 0.5) is 5.69 Å². The third-order valence-corrected chi connectivity index (χ3v) is 10.6. The van der Waals surface area contributed by atoms with Crippen LogP contribution in [0, 0.1) is 24.7 Å². The molecule has 33 heavy (non-hydrogen) atoms. The lowest BCUT2D eigenvalue weighted by atomic mass is 9.75. The Bertz CT molecular complexity index is 1280. The topological polar surface area (TPSA) is 51.1 Å². The molecule has 2 fully saturated rings. The number of amides is 1. The molecule has 6 rings (SSSR count). The summed E-state index contributed by atoms with van der Waals surface area (Å²) in [5.41, 5.74) is 3.08. The number of benzene rings is 2. The summed E-state index contributed by atoms with van der Waals surface area (Å²) in [5.74, 6) is 2.02. The van der Waals surface area contributed by atoms with Crippen LogP contribution in [-0.2, 0) is 11.3 Å². The summed E-state index contributed by atoms with van der Waals surface area (Å²) in [5, 5.41) is 5.20. The summed E-state index contributed by atoms with van der Waals surface area (Å²) in [6, 6.07) is 15.9. The fourth-order valence-corrected chi connectivity index (χ4v) is 9.47. The van der Waals surface area contributed by atoms with Gasteiger partial charge in [-0.05, 0) is 79.3 Å². The van der Waals surface area contributed by atoms with Gasteiger partial charge in [0.15, 0.2) is 0 Å². The number of hydrogen-bond donors (Lipinski definition) is 1. The van der Waals surface area contributed by atoms with Gasteiger partial charge in [0.05, 0.1) is 5.03 Å². The van der Waals surface area contributed by atoms with Crippen LogP contribution in [0.25, 0.3) is 0 Å². The molecule has 7 heteroatoms. The summed E-state index contributed by atoms with van der Waals surface area (Å²) >= 11 is 9.37. The first-order chi connectivity index (χ1) is 16.0. The van der Waals surface area contributed by atoms with Crippen molar-refractivity contribution in [3.8, 4) is 0 Å². The second kappa shape index (κ2) is 8.33. The van der Waals surface area contributed by atoms with Crippen LogP contribution in [0.3, 0.4) is 0 Å². The molecule has 5 atom stereocenters. The van der Waals surface area contributed by atoms with Gasteiger partial charge in [0.2, 0.25) is 5.91 Å². The largest absolute Gasteiger partial charge is 0.325 e. The van der Waals surface area contributed by atoms with Gasteiger partial charge in [-0.2, -0.15) is 0 Å². The predicted molar refractivity (Wildman–Crippen MR) is 136 cm³/mol. The Morgan fingerprint density at radius 1 is 1.15 bits per heavy atom. The quantitative estimate of drug-likeness (QED) is 0.470. The number of carbonyl (C=O) groups is 1. The van der Waals surface area contributed by atoms with Crippen molar-refractivity contribution in [1.29, 1.82) is 0 Å². The van der Waals surface area contributed by atoms with E-state index in [-0.39, 0.29) is 23.2 Å². The number of thiazole rings is 1. The molecule has 3 aromatic rings. The number of nitrogens with zero attached hydrogens (tertiary/aromatic N) is 1. The van der Waals surface area contributed by atoms with Crippen molar-refractivity contribution in [3.63, 3.8) is 0 Å². The highest BCUT2D eigenvalue weighted by molar-refractivity contribution is 8.00. The van der Waals surface area contributed by atoms with Gasteiger partial charge in [-0.3, -0.25) is 14.2 Å². The molecule has 170 valence electrons. The molecule has 1 aliphatic heterocycles. The first kappa shape index (κ1) is 21.5. The van der Waals surface area contributed by atoms with E-state index >= 15 is 0 Å². The Labute approximate surface area is 206 Å². The van der Waals surface area contributed by atoms with E-state index in [0.29, 0.717) is 17.1 Å². The predicted octanol–water partition coefficient (Wildman–Crippen LogP) is 6.16. The van der Waals surface area contributed by atoms with Crippen molar-refractivity contribution in [2.24, 2.45) is 17.8 Å². The number of halogens is 1. The van der Waals surface area contributed by atoms with Crippen LogP contribution in [0.5, 0.6) is 0 Å². The summed E-state index contributed by atoms with van der Waals surface area (Å²) in [7, 11) is 0. The van der Waals surface area contributed by atoms with Crippen LogP contribution < -0.4 is 10.2 Å². The first-order valence-corrected chi connectivity index (χ1v) is 13.6. The van der Waals surface area contributed by atoms with Gasteiger partial charge in [0.1, 0.15) is 6.54 Å². The maximum Gasteiger partial charge on any atom is 0.308 e. The molecule has 2 saturated carbocycles. The van der Waals surface area contributed by atoms with Crippen molar-refractivity contribution < 1.29 is 4.79 Å². The molecule has 0 spiro atoms. The number of anilines is 1. The molecule has 1 N–H and O–H groups in total. The van der Waals surface area contributed by atoms with Gasteiger partial charge in [-0.15, -0.1) is 11.8 Å². The Morgan fingerprint density at radius 3 is 2.73 bits per heavy atom. The first-order valence-electron chi connectivity index (χ1n) is 11.5. The second-order valence-corrected chi connectivity index (χ2v) is 12.2. The Hall–Kier alpha value is -2.02. The number of carbonyl (C=O) groups excluding carboxylic acids is 1. The lowest BCUT2D eigenvalue weighted by Gasteiger charge is -2.40. The van der Waals surface area contributed by atoms with E-state index in [1.807, 2.05) is 55.1 Å². The monoisotopic (exact) mass is 496 g/mol. The fourth-order valence-electron chi connectivity index (χ4n) is 6.20. The van der Waals surface area contributed by atoms with E-state index < -0.39 is 0 Å². The lowest BCUT2D eigenvalue weighted by molar-refractivity contribution is -0.116. The molecule has 1 amide bonds. The number of rotatable bonds is 4. The molecular weight excluding hydrogens is 472 g/mol. The molecule has 0 saturated heterocycles. The molecule has 2 aliphatic carbocycles. The van der Waals surface area contributed by atoms with Crippen molar-refractivity contribution in [2.75, 3.05) is 5.32 Å². The van der Waals surface area contributed by atoms with Gasteiger partial charge in [0.25, 0.3) is 0 Å². The highest BCUT2D eigenvalue weighted by atomic mass is 35.5. The molecule has 3 aliphatic rings. The molecule has 4 nitrogen and oxygen atoms in total. The third-order valence-electron chi connectivity index (χ3n) is 7.52. The molecule has 0 unspecified atom stereocenters. The van der Waals surface area contributed by atoms with E-state index in [2.05, 4.69) is 17.4 Å². The zero-order chi connectivity index (χ0) is 22.7. The molecule has 2 bridgehead atoms. The number of fused-ring (bicyclic) bond motifs is 6. The normalized spacial score (nSPS) is 27.3. The van der Waals surface area contributed by atoms with Gasteiger partial charge < -0.3 is 5.32 Å². The number of hydrogen-bond acceptors (Lipinski definition) is 4. The van der Waals surface area contributed by atoms with E-state index in [1.165, 1.54) is 36.2 Å².